The maximum Gasteiger partial charge on any atom is 0.410 e. The lowest BCUT2D eigenvalue weighted by Crippen LogP contribution is -2.47. The van der Waals surface area contributed by atoms with E-state index in [-0.39, 0.29) is 29.4 Å². The van der Waals surface area contributed by atoms with Crippen LogP contribution in [0.1, 0.15) is 72.5 Å². The van der Waals surface area contributed by atoms with Crippen molar-refractivity contribution in [1.29, 1.82) is 0 Å². The molecule has 0 bridgehead atoms. The Kier molecular flexibility index (Phi) is 8.81. The molecule has 3 rings (SSSR count). The molecule has 8 heteroatoms. The lowest BCUT2D eigenvalue weighted by atomic mass is 9.93. The van der Waals surface area contributed by atoms with Crippen LogP contribution in [0.25, 0.3) is 0 Å². The molecule has 2 saturated heterocycles. The van der Waals surface area contributed by atoms with E-state index < -0.39 is 13.9 Å². The van der Waals surface area contributed by atoms with E-state index in [1.165, 1.54) is 0 Å². The summed E-state index contributed by atoms with van der Waals surface area (Å²) in [6, 6.07) is 9.82. The summed E-state index contributed by atoms with van der Waals surface area (Å²) in [7, 11) is -1.99. The molecular formula is C28H46N2O5Si-. The summed E-state index contributed by atoms with van der Waals surface area (Å²) in [5.41, 5.74) is 0.517. The van der Waals surface area contributed by atoms with Crippen molar-refractivity contribution >= 4 is 20.5 Å². The molecule has 1 aromatic carbocycles. The fourth-order valence-corrected chi connectivity index (χ4v) is 5.50. The summed E-state index contributed by atoms with van der Waals surface area (Å²) < 4.78 is 18.0. The number of rotatable bonds is 7. The second kappa shape index (κ2) is 11.1. The van der Waals surface area contributed by atoms with E-state index in [2.05, 4.69) is 33.9 Å². The van der Waals surface area contributed by atoms with Crippen molar-refractivity contribution in [2.24, 2.45) is 5.92 Å². The Morgan fingerprint density at radius 2 is 1.67 bits per heavy atom. The average molecular weight is 519 g/mol. The van der Waals surface area contributed by atoms with Crippen molar-refractivity contribution < 1.29 is 23.5 Å². The highest BCUT2D eigenvalue weighted by Crippen LogP contribution is 2.39. The molecule has 36 heavy (non-hydrogen) atoms. The van der Waals surface area contributed by atoms with E-state index in [9.17, 15) is 9.59 Å². The van der Waals surface area contributed by atoms with Crippen molar-refractivity contribution in [2.45, 2.75) is 96.7 Å². The quantitative estimate of drug-likeness (QED) is 0.380. The van der Waals surface area contributed by atoms with Crippen molar-refractivity contribution in [3.8, 4) is 0 Å². The van der Waals surface area contributed by atoms with Crippen LogP contribution in [0.5, 0.6) is 0 Å². The van der Waals surface area contributed by atoms with E-state index in [1.807, 2.05) is 56.0 Å². The Hall–Kier alpha value is -2.06. The molecule has 0 aliphatic carbocycles. The van der Waals surface area contributed by atoms with Gasteiger partial charge < -0.3 is 18.8 Å². The zero-order valence-electron chi connectivity index (χ0n) is 23.5. The van der Waals surface area contributed by atoms with Gasteiger partial charge in [-0.15, -0.1) is 18.1 Å². The van der Waals surface area contributed by atoms with Gasteiger partial charge in [-0.2, -0.15) is 0 Å². The third-order valence-electron chi connectivity index (χ3n) is 7.81. The standard InChI is InChI=1S/C28H46N2O5Si/c1-27(2,3)35-25(31)29-17-14-21(15-18-29)16-19-30-23(20-33-36(7,8)28(4,5)6)24(34-26(30)32)22-12-10-9-11-13-22/h9-13,21,23-24H,14-20H2,1-8H3/q-1/t23-,24?/m1/s1. The van der Waals surface area contributed by atoms with E-state index in [1.54, 1.807) is 4.90 Å². The summed E-state index contributed by atoms with van der Waals surface area (Å²) in [5, 5.41) is 0.0889. The zero-order valence-corrected chi connectivity index (χ0v) is 24.5. The number of nitrogens with zero attached hydrogens (tertiary/aromatic N) is 2. The molecule has 2 amide bonds. The van der Waals surface area contributed by atoms with Gasteiger partial charge in [0.15, 0.2) is 6.10 Å². The predicted molar refractivity (Wildman–Crippen MR) is 144 cm³/mol. The number of hydrogen-bond donors (Lipinski definition) is 0. The number of ether oxygens (including phenoxy) is 2. The van der Waals surface area contributed by atoms with Crippen molar-refractivity contribution in [3.05, 3.63) is 35.9 Å². The Labute approximate surface area is 218 Å². The van der Waals surface area contributed by atoms with Crippen LogP contribution in [-0.4, -0.2) is 68.2 Å². The number of cyclic esters (lactones) is 1. The highest BCUT2D eigenvalue weighted by molar-refractivity contribution is 6.74. The summed E-state index contributed by atoms with van der Waals surface area (Å²) in [4.78, 5) is 29.1. The van der Waals surface area contributed by atoms with Gasteiger partial charge in [-0.3, -0.25) is 4.90 Å². The normalized spacial score (nSPS) is 22.1. The molecule has 7 nitrogen and oxygen atoms in total. The van der Waals surface area contributed by atoms with E-state index >= 15 is 0 Å². The number of hydrogen-bond acceptors (Lipinski definition) is 5. The average Bonchev–Trinajstić information content (AvgIpc) is 3.10. The number of likely N-dealkylation sites (tertiary alicyclic amines) is 1. The van der Waals surface area contributed by atoms with Crippen LogP contribution in [0.3, 0.4) is 0 Å². The molecule has 2 aliphatic heterocycles. The zero-order chi connectivity index (χ0) is 26.7. The Bertz CT molecular complexity index is 885. The Morgan fingerprint density at radius 1 is 1.06 bits per heavy atom. The summed E-state index contributed by atoms with van der Waals surface area (Å²) >= 11 is 0. The molecule has 0 aromatic heterocycles. The van der Waals surface area contributed by atoms with Gasteiger partial charge in [0.2, 0.25) is 0 Å². The van der Waals surface area contributed by atoms with Gasteiger partial charge in [-0.1, -0.05) is 51.1 Å². The van der Waals surface area contributed by atoms with Crippen LogP contribution in [0, 0.1) is 5.92 Å². The Balaban J connectivity index is 1.63. The van der Waals surface area contributed by atoms with Crippen LogP contribution in [0.4, 0.5) is 9.59 Å². The smallest absolute Gasteiger partial charge is 0.410 e. The van der Waals surface area contributed by atoms with Gasteiger partial charge in [0, 0.05) is 26.2 Å². The highest BCUT2D eigenvalue weighted by Gasteiger charge is 2.43. The number of benzene rings is 1. The van der Waals surface area contributed by atoms with Gasteiger partial charge in [0.05, 0.1) is 6.04 Å². The molecule has 0 N–H and O–H groups in total. The van der Waals surface area contributed by atoms with Crippen LogP contribution >= 0.6 is 0 Å². The number of carbonyl (C=O) groups excluding carboxylic acids is 2. The lowest BCUT2D eigenvalue weighted by molar-refractivity contribution is 0.0178. The molecule has 203 valence electrons. The first kappa shape index (κ1) is 28.5. The molecule has 1 unspecified atom stereocenters. The van der Waals surface area contributed by atoms with Crippen molar-refractivity contribution in [3.63, 3.8) is 0 Å². The van der Waals surface area contributed by atoms with Gasteiger partial charge >= 0.3 is 12.2 Å². The largest absolute Gasteiger partial charge is 0.563 e. The van der Waals surface area contributed by atoms with Crippen molar-refractivity contribution in [2.75, 3.05) is 26.2 Å². The van der Waals surface area contributed by atoms with E-state index in [4.69, 9.17) is 13.9 Å². The van der Waals surface area contributed by atoms with Gasteiger partial charge in [-0.25, -0.2) is 9.59 Å². The van der Waals surface area contributed by atoms with Crippen LogP contribution in [-0.2, 0) is 13.9 Å². The summed E-state index contributed by atoms with van der Waals surface area (Å²) in [6.45, 7) is 19.3. The first-order chi connectivity index (χ1) is 16.7. The highest BCUT2D eigenvalue weighted by atomic mass is 28.4. The number of carbonyl (C=O) groups is 2. The molecular weight excluding hydrogens is 472 g/mol. The van der Waals surface area contributed by atoms with Gasteiger partial charge in [0.1, 0.15) is 5.60 Å². The fraction of sp³-hybridized carbons (Fsp3) is 0.714. The van der Waals surface area contributed by atoms with Gasteiger partial charge in [-0.05, 0) is 59.8 Å². The minimum Gasteiger partial charge on any atom is -0.563 e. The second-order valence-electron chi connectivity index (χ2n) is 12.7. The van der Waals surface area contributed by atoms with E-state index in [0.717, 1.165) is 24.8 Å². The van der Waals surface area contributed by atoms with Crippen LogP contribution in [0.15, 0.2) is 30.3 Å². The molecule has 2 atom stereocenters. The molecule has 2 fully saturated rings. The van der Waals surface area contributed by atoms with Gasteiger partial charge in [0.25, 0.3) is 0 Å². The minimum absolute atomic E-state index is 0.0889. The SMILES string of the molecule is CC(C)(C)OC(=O)N1CCC(CCN2C(=O)OC(c3ccccc3)[C@H]2CO[Si-](C)(C)C(C)(C)C)CC1. The first-order valence-electron chi connectivity index (χ1n) is 13.3. The molecule has 2 heterocycles. The summed E-state index contributed by atoms with van der Waals surface area (Å²) in [6.07, 6.45) is 1.87. The topological polar surface area (TPSA) is 68.3 Å². The maximum absolute atomic E-state index is 13.0. The molecule has 0 saturated carbocycles. The third-order valence-corrected chi connectivity index (χ3v) is 12.3. The lowest BCUT2D eigenvalue weighted by Gasteiger charge is -2.49. The van der Waals surface area contributed by atoms with Crippen molar-refractivity contribution in [1.82, 2.24) is 9.80 Å². The molecule has 0 radical (unpaired) electrons. The monoisotopic (exact) mass is 518 g/mol. The van der Waals surface area contributed by atoms with Crippen LogP contribution in [0.2, 0.25) is 18.1 Å². The minimum atomic E-state index is -1.99. The predicted octanol–water partition coefficient (Wildman–Crippen LogP) is 6.61. The van der Waals surface area contributed by atoms with E-state index in [0.29, 0.717) is 32.2 Å². The Morgan fingerprint density at radius 3 is 2.22 bits per heavy atom. The third kappa shape index (κ3) is 7.25. The number of piperidine rings is 1. The second-order valence-corrected chi connectivity index (χ2v) is 17.6. The molecule has 0 spiro atoms. The fourth-order valence-electron chi connectivity index (χ4n) is 4.48. The first-order valence-corrected chi connectivity index (χ1v) is 16.2. The van der Waals surface area contributed by atoms with Crippen LogP contribution < -0.4 is 0 Å². The molecule has 1 aromatic rings. The maximum atomic E-state index is 13.0. The summed E-state index contributed by atoms with van der Waals surface area (Å²) in [5.74, 6) is 0.453. The molecule has 2 aliphatic rings. The number of amides is 2.